The first-order valence-corrected chi connectivity index (χ1v) is 10.5. The summed E-state index contributed by atoms with van der Waals surface area (Å²) in [6.07, 6.45) is 9.49. The molecule has 6 heteroatoms. The molecule has 1 saturated carbocycles. The van der Waals surface area contributed by atoms with E-state index in [4.69, 9.17) is 14.4 Å². The molecule has 0 saturated heterocycles. The first-order chi connectivity index (χ1) is 13.4. The molecular formula is C21H22N4OS. The third-order valence-corrected chi connectivity index (χ3v) is 6.21. The van der Waals surface area contributed by atoms with Crippen molar-refractivity contribution in [3.05, 3.63) is 53.0 Å². The first kappa shape index (κ1) is 16.6. The predicted molar refractivity (Wildman–Crippen MR) is 109 cm³/mol. The molecule has 0 radical (unpaired) electrons. The summed E-state index contributed by atoms with van der Waals surface area (Å²) in [5.74, 6) is 1.70. The van der Waals surface area contributed by atoms with Crippen LogP contribution in [0.25, 0.3) is 22.7 Å². The molecule has 5 rings (SSSR count). The van der Waals surface area contributed by atoms with Crippen LogP contribution in [-0.2, 0) is 6.42 Å². The van der Waals surface area contributed by atoms with Crippen LogP contribution in [-0.4, -0.2) is 21.1 Å². The number of hydrogen-bond donors (Lipinski definition) is 1. The average molecular weight is 379 g/mol. The van der Waals surface area contributed by atoms with Crippen molar-refractivity contribution in [3.63, 3.8) is 0 Å². The second-order valence-corrected chi connectivity index (χ2v) is 8.04. The Balaban J connectivity index is 1.52. The molecule has 0 bridgehead atoms. The fraction of sp³-hybridized carbons (Fsp3) is 0.333. The van der Waals surface area contributed by atoms with Crippen molar-refractivity contribution in [1.29, 1.82) is 0 Å². The van der Waals surface area contributed by atoms with Crippen LogP contribution in [0.4, 0.5) is 5.69 Å². The predicted octanol–water partition coefficient (Wildman–Crippen LogP) is 5.52. The number of thiophene rings is 1. The molecule has 27 heavy (non-hydrogen) atoms. The zero-order valence-corrected chi connectivity index (χ0v) is 15.9. The molecule has 1 aliphatic carbocycles. The van der Waals surface area contributed by atoms with Crippen LogP contribution in [0, 0.1) is 0 Å². The molecule has 0 atom stereocenters. The number of rotatable bonds is 6. The number of fused-ring (bicyclic) bond motifs is 1. The molecule has 138 valence electrons. The van der Waals surface area contributed by atoms with Gasteiger partial charge in [-0.05, 0) is 48.9 Å². The van der Waals surface area contributed by atoms with Gasteiger partial charge in [-0.3, -0.25) is 0 Å². The van der Waals surface area contributed by atoms with Crippen molar-refractivity contribution < 1.29 is 4.42 Å². The second kappa shape index (κ2) is 7.19. The Morgan fingerprint density at radius 1 is 1.19 bits per heavy atom. The Morgan fingerprint density at radius 2 is 2.11 bits per heavy atom. The summed E-state index contributed by atoms with van der Waals surface area (Å²) in [6, 6.07) is 10.7. The largest absolute Gasteiger partial charge is 0.461 e. The fourth-order valence-electron chi connectivity index (χ4n) is 4.00. The minimum Gasteiger partial charge on any atom is -0.461 e. The lowest BCUT2D eigenvalue weighted by Gasteiger charge is -2.14. The Kier molecular flexibility index (Phi) is 4.41. The second-order valence-electron chi connectivity index (χ2n) is 7.01. The zero-order valence-electron chi connectivity index (χ0n) is 15.1. The summed E-state index contributed by atoms with van der Waals surface area (Å²) in [4.78, 5) is 11.0. The van der Waals surface area contributed by atoms with Crippen molar-refractivity contribution in [1.82, 2.24) is 14.5 Å². The highest BCUT2D eigenvalue weighted by Gasteiger charge is 2.26. The van der Waals surface area contributed by atoms with Gasteiger partial charge in [-0.15, -0.1) is 11.3 Å². The van der Waals surface area contributed by atoms with E-state index in [9.17, 15) is 0 Å². The van der Waals surface area contributed by atoms with Crippen LogP contribution < -0.4 is 5.32 Å². The van der Waals surface area contributed by atoms with Gasteiger partial charge in [0.05, 0.1) is 12.0 Å². The average Bonchev–Trinajstić information content (AvgIpc) is 3.48. The number of nitrogens with zero attached hydrogens (tertiary/aromatic N) is 3. The minimum atomic E-state index is 0.448. The summed E-state index contributed by atoms with van der Waals surface area (Å²) in [6.45, 7) is 0.881. The Labute approximate surface area is 162 Å². The number of hydrogen-bond acceptors (Lipinski definition) is 5. The van der Waals surface area contributed by atoms with Gasteiger partial charge in [0.1, 0.15) is 5.52 Å². The molecule has 1 fully saturated rings. The smallest absolute Gasteiger partial charge is 0.178 e. The first-order valence-electron chi connectivity index (χ1n) is 9.57. The molecule has 0 amide bonds. The lowest BCUT2D eigenvalue weighted by molar-refractivity contribution is 0.516. The zero-order chi connectivity index (χ0) is 18.1. The van der Waals surface area contributed by atoms with Crippen LogP contribution in [0.2, 0.25) is 0 Å². The molecule has 1 N–H and O–H groups in total. The topological polar surface area (TPSA) is 55.9 Å². The number of anilines is 1. The van der Waals surface area contributed by atoms with E-state index in [1.54, 1.807) is 17.6 Å². The maximum absolute atomic E-state index is 5.69. The monoisotopic (exact) mass is 378 g/mol. The summed E-state index contributed by atoms with van der Waals surface area (Å²) in [5.41, 5.74) is 2.93. The molecule has 1 aliphatic rings. The highest BCUT2D eigenvalue weighted by molar-refractivity contribution is 7.09. The Bertz CT molecular complexity index is 1010. The van der Waals surface area contributed by atoms with Crippen molar-refractivity contribution in [2.75, 3.05) is 11.9 Å². The van der Waals surface area contributed by atoms with E-state index < -0.39 is 0 Å². The SMILES string of the molecule is c1coc(-c2nc3c(NCCc4cccs4)ccnc3n2C2CCCC2)c1. The minimum absolute atomic E-state index is 0.448. The number of aromatic nitrogens is 3. The Hall–Kier alpha value is -2.60. The van der Waals surface area contributed by atoms with Gasteiger partial charge >= 0.3 is 0 Å². The van der Waals surface area contributed by atoms with Crippen molar-refractivity contribution in [2.45, 2.75) is 38.1 Å². The molecule has 0 spiro atoms. The van der Waals surface area contributed by atoms with Crippen LogP contribution in [0.1, 0.15) is 36.6 Å². The van der Waals surface area contributed by atoms with Crippen molar-refractivity contribution >= 4 is 28.2 Å². The van der Waals surface area contributed by atoms with Crippen LogP contribution >= 0.6 is 11.3 Å². The summed E-state index contributed by atoms with van der Waals surface area (Å²) in [7, 11) is 0. The van der Waals surface area contributed by atoms with E-state index in [-0.39, 0.29) is 0 Å². The van der Waals surface area contributed by atoms with E-state index >= 15 is 0 Å². The number of imidazole rings is 1. The molecule has 4 heterocycles. The van der Waals surface area contributed by atoms with Gasteiger partial charge in [0, 0.05) is 23.7 Å². The standard InChI is InChI=1S/C21H22N4OS/c1-2-6-15(5-1)25-20(18-8-3-13-26-18)24-19-17(10-12-23-21(19)25)22-11-9-16-7-4-14-27-16/h3-4,7-8,10,12-15H,1-2,5-6,9,11H2,(H,22,23). The highest BCUT2D eigenvalue weighted by Crippen LogP contribution is 2.37. The van der Waals surface area contributed by atoms with Gasteiger partial charge in [-0.1, -0.05) is 18.9 Å². The highest BCUT2D eigenvalue weighted by atomic mass is 32.1. The normalized spacial score (nSPS) is 15.0. The maximum Gasteiger partial charge on any atom is 0.178 e. The van der Waals surface area contributed by atoms with Crippen LogP contribution in [0.3, 0.4) is 0 Å². The van der Waals surface area contributed by atoms with E-state index in [1.165, 1.54) is 30.6 Å². The van der Waals surface area contributed by atoms with Crippen LogP contribution in [0.5, 0.6) is 0 Å². The fourth-order valence-corrected chi connectivity index (χ4v) is 4.70. The molecule has 0 aromatic carbocycles. The molecule has 0 unspecified atom stereocenters. The number of pyridine rings is 1. The van der Waals surface area contributed by atoms with Crippen molar-refractivity contribution in [2.24, 2.45) is 0 Å². The van der Waals surface area contributed by atoms with E-state index in [0.29, 0.717) is 6.04 Å². The molecule has 4 aromatic heterocycles. The lowest BCUT2D eigenvalue weighted by atomic mass is 10.2. The molecule has 0 aliphatic heterocycles. The summed E-state index contributed by atoms with van der Waals surface area (Å²) >= 11 is 1.80. The molecule has 4 aromatic rings. The van der Waals surface area contributed by atoms with Gasteiger partial charge < -0.3 is 14.3 Å². The van der Waals surface area contributed by atoms with E-state index in [1.807, 2.05) is 24.4 Å². The quantitative estimate of drug-likeness (QED) is 0.480. The number of nitrogens with one attached hydrogen (secondary N) is 1. The number of furan rings is 1. The molecule has 5 nitrogen and oxygen atoms in total. The third kappa shape index (κ3) is 3.14. The summed E-state index contributed by atoms with van der Waals surface area (Å²) < 4.78 is 7.99. The summed E-state index contributed by atoms with van der Waals surface area (Å²) in [5, 5.41) is 5.69. The van der Waals surface area contributed by atoms with Crippen molar-refractivity contribution in [3.8, 4) is 11.6 Å². The van der Waals surface area contributed by atoms with Gasteiger partial charge in [-0.2, -0.15) is 0 Å². The maximum atomic E-state index is 5.69. The van der Waals surface area contributed by atoms with Gasteiger partial charge in [-0.25, -0.2) is 9.97 Å². The third-order valence-electron chi connectivity index (χ3n) is 5.28. The van der Waals surface area contributed by atoms with Crippen LogP contribution in [0.15, 0.2) is 52.6 Å². The Morgan fingerprint density at radius 3 is 2.89 bits per heavy atom. The molecular weight excluding hydrogens is 356 g/mol. The lowest BCUT2D eigenvalue weighted by Crippen LogP contribution is -2.08. The van der Waals surface area contributed by atoms with Gasteiger partial charge in [0.15, 0.2) is 17.2 Å². The van der Waals surface area contributed by atoms with E-state index in [0.717, 1.165) is 41.4 Å². The van der Waals surface area contributed by atoms with E-state index in [2.05, 4.69) is 27.4 Å². The van der Waals surface area contributed by atoms with Gasteiger partial charge in [0.25, 0.3) is 0 Å². The van der Waals surface area contributed by atoms with Gasteiger partial charge in [0.2, 0.25) is 0 Å².